The first-order chi connectivity index (χ1) is 11.5. The molecule has 1 heterocycles. The van der Waals surface area contributed by atoms with E-state index in [1.54, 1.807) is 30.1 Å². The molecule has 0 aromatic heterocycles. The molecule has 0 radical (unpaired) electrons. The van der Waals surface area contributed by atoms with Gasteiger partial charge in [0.05, 0.1) is 4.99 Å². The summed E-state index contributed by atoms with van der Waals surface area (Å²) in [6.07, 6.45) is 0. The third-order valence-corrected chi connectivity index (χ3v) is 4.33. The van der Waals surface area contributed by atoms with Crippen molar-refractivity contribution < 1.29 is 14.3 Å². The lowest BCUT2D eigenvalue weighted by Crippen LogP contribution is -2.30. The SMILES string of the molecule is CC(=O)Oc1ccc2c(c1)N(C)C(=S)C2C(=O)Nc1ccccc1. The van der Waals surface area contributed by atoms with Gasteiger partial charge in [-0.1, -0.05) is 36.5 Å². The van der Waals surface area contributed by atoms with Crippen molar-refractivity contribution in [3.63, 3.8) is 0 Å². The molecule has 1 N–H and O–H groups in total. The Labute approximate surface area is 145 Å². The molecule has 0 fully saturated rings. The summed E-state index contributed by atoms with van der Waals surface area (Å²) in [7, 11) is 1.80. The number of nitrogens with zero attached hydrogens (tertiary/aromatic N) is 1. The summed E-state index contributed by atoms with van der Waals surface area (Å²) in [6.45, 7) is 1.34. The maximum absolute atomic E-state index is 12.7. The van der Waals surface area contributed by atoms with E-state index in [-0.39, 0.29) is 5.91 Å². The maximum atomic E-state index is 12.7. The van der Waals surface area contributed by atoms with Crippen LogP contribution in [0.3, 0.4) is 0 Å². The van der Waals surface area contributed by atoms with Crippen molar-refractivity contribution in [3.05, 3.63) is 54.1 Å². The molecule has 0 bridgehead atoms. The molecule has 0 aliphatic carbocycles. The maximum Gasteiger partial charge on any atom is 0.308 e. The minimum absolute atomic E-state index is 0.183. The zero-order valence-corrected chi connectivity index (χ0v) is 14.1. The Hall–Kier alpha value is -2.73. The van der Waals surface area contributed by atoms with Crippen molar-refractivity contribution in [1.29, 1.82) is 0 Å². The van der Waals surface area contributed by atoms with Crippen LogP contribution in [0.15, 0.2) is 48.5 Å². The van der Waals surface area contributed by atoms with Gasteiger partial charge in [-0.3, -0.25) is 9.59 Å². The second-order valence-corrected chi connectivity index (χ2v) is 5.92. The summed E-state index contributed by atoms with van der Waals surface area (Å²) in [5, 5.41) is 2.88. The van der Waals surface area contributed by atoms with Crippen molar-refractivity contribution in [2.75, 3.05) is 17.3 Å². The topological polar surface area (TPSA) is 58.6 Å². The Morgan fingerprint density at radius 2 is 1.88 bits per heavy atom. The molecule has 0 saturated heterocycles. The van der Waals surface area contributed by atoms with E-state index in [4.69, 9.17) is 17.0 Å². The number of amides is 1. The molecule has 2 aromatic rings. The molecule has 1 aliphatic heterocycles. The number of anilines is 2. The highest BCUT2D eigenvalue weighted by Gasteiger charge is 2.37. The van der Waals surface area contributed by atoms with Crippen LogP contribution in [0.4, 0.5) is 11.4 Å². The summed E-state index contributed by atoms with van der Waals surface area (Å²) in [4.78, 5) is 26.1. The molecule has 122 valence electrons. The number of carbonyl (C=O) groups is 2. The van der Waals surface area contributed by atoms with Crippen molar-refractivity contribution >= 4 is 40.5 Å². The number of esters is 1. The van der Waals surface area contributed by atoms with E-state index in [2.05, 4.69) is 5.32 Å². The minimum atomic E-state index is -0.549. The number of ether oxygens (including phenoxy) is 1. The van der Waals surface area contributed by atoms with Crippen LogP contribution >= 0.6 is 12.2 Å². The highest BCUT2D eigenvalue weighted by molar-refractivity contribution is 7.80. The molecule has 24 heavy (non-hydrogen) atoms. The number of fused-ring (bicyclic) bond motifs is 1. The zero-order chi connectivity index (χ0) is 17.3. The summed E-state index contributed by atoms with van der Waals surface area (Å²) in [5.74, 6) is -0.694. The monoisotopic (exact) mass is 340 g/mol. The molecule has 0 saturated carbocycles. The predicted molar refractivity (Wildman–Crippen MR) is 96.6 cm³/mol. The zero-order valence-electron chi connectivity index (χ0n) is 13.3. The number of nitrogens with one attached hydrogen (secondary N) is 1. The van der Waals surface area contributed by atoms with Crippen LogP contribution in [0.2, 0.25) is 0 Å². The van der Waals surface area contributed by atoms with Gasteiger partial charge in [0, 0.05) is 31.4 Å². The highest BCUT2D eigenvalue weighted by atomic mass is 32.1. The predicted octanol–water partition coefficient (Wildman–Crippen LogP) is 3.11. The van der Waals surface area contributed by atoms with Crippen LogP contribution in [-0.2, 0) is 9.59 Å². The van der Waals surface area contributed by atoms with Crippen LogP contribution in [0.25, 0.3) is 0 Å². The lowest BCUT2D eigenvalue weighted by Gasteiger charge is -2.14. The number of hydrogen-bond donors (Lipinski definition) is 1. The smallest absolute Gasteiger partial charge is 0.308 e. The molecular weight excluding hydrogens is 324 g/mol. The molecule has 5 nitrogen and oxygen atoms in total. The average molecular weight is 340 g/mol. The molecule has 2 aromatic carbocycles. The number of rotatable bonds is 3. The van der Waals surface area contributed by atoms with Crippen LogP contribution in [0.1, 0.15) is 18.4 Å². The second-order valence-electron chi connectivity index (χ2n) is 5.50. The number of para-hydroxylation sites is 1. The van der Waals surface area contributed by atoms with E-state index < -0.39 is 11.9 Å². The van der Waals surface area contributed by atoms with Gasteiger partial charge in [-0.2, -0.15) is 0 Å². The van der Waals surface area contributed by atoms with E-state index in [9.17, 15) is 9.59 Å². The molecule has 1 atom stereocenters. The van der Waals surface area contributed by atoms with E-state index in [0.717, 1.165) is 16.9 Å². The van der Waals surface area contributed by atoms with Gasteiger partial charge in [0.1, 0.15) is 11.7 Å². The first-order valence-corrected chi connectivity index (χ1v) is 7.84. The number of carbonyl (C=O) groups excluding carboxylic acids is 2. The van der Waals surface area contributed by atoms with Gasteiger partial charge < -0.3 is 15.0 Å². The van der Waals surface area contributed by atoms with Crippen LogP contribution in [-0.4, -0.2) is 23.9 Å². The Balaban J connectivity index is 1.90. The van der Waals surface area contributed by atoms with Crippen LogP contribution in [0, 0.1) is 0 Å². The summed E-state index contributed by atoms with van der Waals surface area (Å²) >= 11 is 5.45. The van der Waals surface area contributed by atoms with E-state index in [0.29, 0.717) is 10.7 Å². The van der Waals surface area contributed by atoms with Crippen LogP contribution < -0.4 is 15.0 Å². The fourth-order valence-electron chi connectivity index (χ4n) is 2.72. The molecule has 1 amide bonds. The number of hydrogen-bond acceptors (Lipinski definition) is 4. The largest absolute Gasteiger partial charge is 0.427 e. The summed E-state index contributed by atoms with van der Waals surface area (Å²) < 4.78 is 5.11. The molecular formula is C18H16N2O3S. The van der Waals surface area contributed by atoms with Gasteiger partial charge in [-0.05, 0) is 23.8 Å². The Kier molecular flexibility index (Phi) is 4.31. The van der Waals surface area contributed by atoms with Gasteiger partial charge in [-0.25, -0.2) is 0 Å². The Bertz CT molecular complexity index is 820. The number of likely N-dealkylation sites (N-methyl/N-ethyl adjacent to an activating group) is 1. The normalized spacial score (nSPS) is 15.8. The second kappa shape index (κ2) is 6.41. The summed E-state index contributed by atoms with van der Waals surface area (Å²) in [6, 6.07) is 14.4. The number of thiocarbonyl (C=S) groups is 1. The molecule has 1 unspecified atom stereocenters. The Morgan fingerprint density at radius 1 is 1.17 bits per heavy atom. The standard InChI is InChI=1S/C18H16N2O3S/c1-11(21)23-13-8-9-14-15(10-13)20(2)18(24)16(14)17(22)19-12-6-4-3-5-7-12/h3-10,16H,1-2H3,(H,19,22). The number of benzene rings is 2. The van der Waals surface area contributed by atoms with Crippen molar-refractivity contribution in [3.8, 4) is 5.75 Å². The van der Waals surface area contributed by atoms with E-state index >= 15 is 0 Å². The van der Waals surface area contributed by atoms with Gasteiger partial charge in [0.25, 0.3) is 0 Å². The van der Waals surface area contributed by atoms with Crippen molar-refractivity contribution in [2.45, 2.75) is 12.8 Å². The van der Waals surface area contributed by atoms with Crippen molar-refractivity contribution in [1.82, 2.24) is 0 Å². The van der Waals surface area contributed by atoms with Crippen LogP contribution in [0.5, 0.6) is 5.75 Å². The van der Waals surface area contributed by atoms with Gasteiger partial charge in [0.2, 0.25) is 5.91 Å². The highest BCUT2D eigenvalue weighted by Crippen LogP contribution is 2.40. The fourth-order valence-corrected chi connectivity index (χ4v) is 3.05. The molecule has 1 aliphatic rings. The first-order valence-electron chi connectivity index (χ1n) is 7.43. The minimum Gasteiger partial charge on any atom is -0.427 e. The lowest BCUT2D eigenvalue weighted by atomic mass is 10.00. The summed E-state index contributed by atoms with van der Waals surface area (Å²) in [5.41, 5.74) is 2.29. The lowest BCUT2D eigenvalue weighted by molar-refractivity contribution is -0.131. The third-order valence-electron chi connectivity index (χ3n) is 3.82. The quantitative estimate of drug-likeness (QED) is 0.528. The van der Waals surface area contributed by atoms with E-state index in [1.807, 2.05) is 30.3 Å². The van der Waals surface area contributed by atoms with Crippen molar-refractivity contribution in [2.24, 2.45) is 0 Å². The fraction of sp³-hybridized carbons (Fsp3) is 0.167. The van der Waals surface area contributed by atoms with Gasteiger partial charge >= 0.3 is 5.97 Å². The Morgan fingerprint density at radius 3 is 2.54 bits per heavy atom. The molecule has 0 spiro atoms. The van der Waals surface area contributed by atoms with Gasteiger partial charge in [-0.15, -0.1) is 0 Å². The average Bonchev–Trinajstić information content (AvgIpc) is 2.79. The molecule has 6 heteroatoms. The van der Waals surface area contributed by atoms with Gasteiger partial charge in [0.15, 0.2) is 0 Å². The van der Waals surface area contributed by atoms with E-state index in [1.165, 1.54) is 6.92 Å². The molecule has 3 rings (SSSR count). The first kappa shape index (κ1) is 16.1. The third kappa shape index (κ3) is 3.00.